The number of hydrazone groups is 1. The summed E-state index contributed by atoms with van der Waals surface area (Å²) in [4.78, 5) is 1.70. The molecule has 0 amide bonds. The first kappa shape index (κ1) is 8.97. The van der Waals surface area contributed by atoms with Gasteiger partial charge >= 0.3 is 0 Å². The third-order valence-electron chi connectivity index (χ3n) is 1.05. The Labute approximate surface area is 61.0 Å². The summed E-state index contributed by atoms with van der Waals surface area (Å²) >= 11 is 0. The zero-order valence-electron chi connectivity index (χ0n) is 6.37. The van der Waals surface area contributed by atoms with Crippen LogP contribution in [0.3, 0.4) is 0 Å². The van der Waals surface area contributed by atoms with Crippen LogP contribution in [0, 0.1) is 0 Å². The SMILES string of the molecule is C=C(COC)N(C)/C=N\N. The zero-order valence-corrected chi connectivity index (χ0v) is 6.37. The number of rotatable bonds is 4. The van der Waals surface area contributed by atoms with Crippen molar-refractivity contribution in [3.05, 3.63) is 12.3 Å². The average molecular weight is 143 g/mol. The average Bonchev–Trinajstić information content (AvgIpc) is 1.89. The van der Waals surface area contributed by atoms with Crippen molar-refractivity contribution in [2.24, 2.45) is 10.9 Å². The molecule has 0 saturated heterocycles. The summed E-state index contributed by atoms with van der Waals surface area (Å²) in [6.07, 6.45) is 1.47. The summed E-state index contributed by atoms with van der Waals surface area (Å²) in [7, 11) is 3.41. The highest BCUT2D eigenvalue weighted by atomic mass is 16.5. The van der Waals surface area contributed by atoms with Gasteiger partial charge in [0.1, 0.15) is 6.34 Å². The lowest BCUT2D eigenvalue weighted by molar-refractivity contribution is 0.211. The first-order chi connectivity index (χ1) is 4.72. The fourth-order valence-corrected chi connectivity index (χ4v) is 0.450. The van der Waals surface area contributed by atoms with Crippen molar-refractivity contribution in [3.63, 3.8) is 0 Å². The van der Waals surface area contributed by atoms with Gasteiger partial charge in [-0.3, -0.25) is 0 Å². The van der Waals surface area contributed by atoms with Crippen molar-refractivity contribution in [3.8, 4) is 0 Å². The second-order valence-electron chi connectivity index (χ2n) is 1.87. The first-order valence-electron chi connectivity index (χ1n) is 2.85. The Balaban J connectivity index is 3.70. The third kappa shape index (κ3) is 3.09. The van der Waals surface area contributed by atoms with Gasteiger partial charge in [0.05, 0.1) is 6.61 Å². The number of nitrogens with two attached hydrogens (primary N) is 1. The van der Waals surface area contributed by atoms with Gasteiger partial charge in [-0.2, -0.15) is 5.10 Å². The molecule has 0 aromatic rings. The highest BCUT2D eigenvalue weighted by molar-refractivity contribution is 5.56. The molecule has 0 radical (unpaired) electrons. The van der Waals surface area contributed by atoms with Crippen molar-refractivity contribution >= 4 is 6.34 Å². The zero-order chi connectivity index (χ0) is 7.98. The van der Waals surface area contributed by atoms with Crippen LogP contribution in [0.1, 0.15) is 0 Å². The van der Waals surface area contributed by atoms with E-state index in [-0.39, 0.29) is 0 Å². The Hall–Kier alpha value is -1.03. The molecule has 0 aromatic carbocycles. The van der Waals surface area contributed by atoms with Crippen LogP contribution in [0.5, 0.6) is 0 Å². The Kier molecular flexibility index (Phi) is 4.32. The van der Waals surface area contributed by atoms with E-state index in [0.717, 1.165) is 5.70 Å². The molecule has 0 aromatic heterocycles. The minimum absolute atomic E-state index is 0.489. The van der Waals surface area contributed by atoms with Gasteiger partial charge in [0.2, 0.25) is 0 Å². The molecular weight excluding hydrogens is 130 g/mol. The van der Waals surface area contributed by atoms with Crippen LogP contribution in [0.2, 0.25) is 0 Å². The summed E-state index contributed by atoms with van der Waals surface area (Å²) in [6, 6.07) is 0. The number of hydrogen-bond acceptors (Lipinski definition) is 3. The van der Waals surface area contributed by atoms with Crippen LogP contribution in [0.25, 0.3) is 0 Å². The van der Waals surface area contributed by atoms with E-state index in [2.05, 4.69) is 11.7 Å². The van der Waals surface area contributed by atoms with Crippen LogP contribution in [0.4, 0.5) is 0 Å². The number of nitrogens with zero attached hydrogens (tertiary/aromatic N) is 2. The highest BCUT2D eigenvalue weighted by Gasteiger charge is 1.95. The maximum Gasteiger partial charge on any atom is 0.115 e. The van der Waals surface area contributed by atoms with E-state index in [1.54, 1.807) is 19.1 Å². The quantitative estimate of drug-likeness (QED) is 0.260. The van der Waals surface area contributed by atoms with E-state index in [1.807, 2.05) is 0 Å². The molecule has 0 unspecified atom stereocenters. The Bertz CT molecular complexity index is 133. The molecule has 0 aliphatic heterocycles. The Morgan fingerprint density at radius 3 is 2.90 bits per heavy atom. The number of ether oxygens (including phenoxy) is 1. The molecule has 0 aliphatic rings. The van der Waals surface area contributed by atoms with Gasteiger partial charge in [-0.25, -0.2) is 0 Å². The van der Waals surface area contributed by atoms with Crippen LogP contribution < -0.4 is 5.84 Å². The molecule has 0 atom stereocenters. The second-order valence-corrected chi connectivity index (χ2v) is 1.87. The third-order valence-corrected chi connectivity index (χ3v) is 1.05. The molecule has 0 heterocycles. The van der Waals surface area contributed by atoms with Crippen LogP contribution in [-0.4, -0.2) is 32.0 Å². The predicted molar refractivity (Wildman–Crippen MR) is 41.5 cm³/mol. The van der Waals surface area contributed by atoms with E-state index in [1.165, 1.54) is 6.34 Å². The summed E-state index contributed by atoms with van der Waals surface area (Å²) in [5.74, 6) is 4.91. The van der Waals surface area contributed by atoms with Crippen LogP contribution in [0.15, 0.2) is 17.4 Å². The monoisotopic (exact) mass is 143 g/mol. The molecule has 0 rings (SSSR count). The van der Waals surface area contributed by atoms with E-state index in [0.29, 0.717) is 6.61 Å². The van der Waals surface area contributed by atoms with Crippen molar-refractivity contribution in [2.45, 2.75) is 0 Å². The smallest absolute Gasteiger partial charge is 0.115 e. The number of likely N-dealkylation sites (N-methyl/N-ethyl adjacent to an activating group) is 1. The van der Waals surface area contributed by atoms with Crippen molar-refractivity contribution < 1.29 is 4.74 Å². The Morgan fingerprint density at radius 1 is 1.90 bits per heavy atom. The molecule has 4 nitrogen and oxygen atoms in total. The maximum atomic E-state index is 4.91. The maximum absolute atomic E-state index is 4.91. The predicted octanol–water partition coefficient (Wildman–Crippen LogP) is -0.0197. The minimum Gasteiger partial charge on any atom is -0.379 e. The molecule has 0 saturated carbocycles. The Morgan fingerprint density at radius 2 is 2.50 bits per heavy atom. The minimum atomic E-state index is 0.489. The first-order valence-corrected chi connectivity index (χ1v) is 2.85. The largest absolute Gasteiger partial charge is 0.379 e. The molecule has 2 N–H and O–H groups in total. The van der Waals surface area contributed by atoms with Crippen molar-refractivity contribution in [2.75, 3.05) is 20.8 Å². The van der Waals surface area contributed by atoms with E-state index >= 15 is 0 Å². The molecule has 4 heteroatoms. The molecule has 58 valence electrons. The molecule has 0 aliphatic carbocycles. The van der Waals surface area contributed by atoms with Crippen LogP contribution in [-0.2, 0) is 4.74 Å². The van der Waals surface area contributed by atoms with Gasteiger partial charge in [0.25, 0.3) is 0 Å². The van der Waals surface area contributed by atoms with E-state index < -0.39 is 0 Å². The second kappa shape index (κ2) is 4.81. The van der Waals surface area contributed by atoms with Gasteiger partial charge in [-0.15, -0.1) is 0 Å². The fraction of sp³-hybridized carbons (Fsp3) is 0.500. The van der Waals surface area contributed by atoms with Gasteiger partial charge in [0.15, 0.2) is 0 Å². The number of methoxy groups -OCH3 is 1. The summed E-state index contributed by atoms with van der Waals surface area (Å²) in [5.41, 5.74) is 0.816. The van der Waals surface area contributed by atoms with Gasteiger partial charge in [-0.1, -0.05) is 6.58 Å². The van der Waals surface area contributed by atoms with Crippen LogP contribution >= 0.6 is 0 Å². The van der Waals surface area contributed by atoms with E-state index in [9.17, 15) is 0 Å². The molecular formula is C6H13N3O. The lowest BCUT2D eigenvalue weighted by atomic mass is 10.5. The standard InChI is InChI=1S/C6H13N3O/c1-6(4-10-3)9(2)5-8-7/h5H,1,4,7H2,2-3H3/b8-5-. The normalized spacial score (nSPS) is 10.2. The number of hydrogen-bond donors (Lipinski definition) is 1. The van der Waals surface area contributed by atoms with Crippen molar-refractivity contribution in [1.29, 1.82) is 0 Å². The topological polar surface area (TPSA) is 50.8 Å². The molecule has 10 heavy (non-hydrogen) atoms. The van der Waals surface area contributed by atoms with Gasteiger partial charge in [0, 0.05) is 19.9 Å². The molecule has 0 spiro atoms. The van der Waals surface area contributed by atoms with E-state index in [4.69, 9.17) is 10.6 Å². The van der Waals surface area contributed by atoms with Gasteiger partial charge < -0.3 is 15.5 Å². The summed E-state index contributed by atoms with van der Waals surface area (Å²) in [5, 5.41) is 3.32. The lowest BCUT2D eigenvalue weighted by Gasteiger charge is -2.13. The lowest BCUT2D eigenvalue weighted by Crippen LogP contribution is -2.18. The van der Waals surface area contributed by atoms with Gasteiger partial charge in [-0.05, 0) is 0 Å². The summed E-state index contributed by atoms with van der Waals surface area (Å²) in [6.45, 7) is 4.21. The summed E-state index contributed by atoms with van der Waals surface area (Å²) < 4.78 is 4.83. The molecule has 0 bridgehead atoms. The fourth-order valence-electron chi connectivity index (χ4n) is 0.450. The highest BCUT2D eigenvalue weighted by Crippen LogP contribution is 1.93. The van der Waals surface area contributed by atoms with Crippen molar-refractivity contribution in [1.82, 2.24) is 4.90 Å². The molecule has 0 fully saturated rings.